The number of fused-ring (bicyclic) bond motifs is 2. The SMILES string of the molecule is C[N+]1(C)CCCO[B-]12O[C@H](CN)c1cc(F)cc(OCCCO)c12. The average Bonchev–Trinajstić information content (AvgIpc) is 2.86. The van der Waals surface area contributed by atoms with Crippen molar-refractivity contribution in [1.82, 2.24) is 0 Å². The van der Waals surface area contributed by atoms with E-state index in [1.165, 1.54) is 12.1 Å². The molecule has 0 aromatic heterocycles. The first-order valence-electron chi connectivity index (χ1n) is 8.51. The average molecular weight is 340 g/mol. The van der Waals surface area contributed by atoms with Crippen LogP contribution in [-0.4, -0.2) is 63.2 Å². The Morgan fingerprint density at radius 2 is 2.25 bits per heavy atom. The second kappa shape index (κ2) is 6.61. The first kappa shape index (κ1) is 17.6. The Bertz CT molecular complexity index is 616. The molecule has 3 N–H and O–H groups in total. The Labute approximate surface area is 141 Å². The molecule has 134 valence electrons. The highest BCUT2D eigenvalue weighted by Gasteiger charge is 2.58. The van der Waals surface area contributed by atoms with Crippen LogP contribution in [0.4, 0.5) is 4.39 Å². The van der Waals surface area contributed by atoms with E-state index < -0.39 is 12.8 Å². The molecule has 2 aliphatic heterocycles. The molecule has 1 unspecified atom stereocenters. The lowest BCUT2D eigenvalue weighted by Crippen LogP contribution is -2.75. The maximum Gasteiger partial charge on any atom is 0.506 e. The van der Waals surface area contributed by atoms with Gasteiger partial charge in [0.25, 0.3) is 0 Å². The van der Waals surface area contributed by atoms with Gasteiger partial charge in [-0.1, -0.05) is 0 Å². The van der Waals surface area contributed by atoms with Crippen LogP contribution in [0.3, 0.4) is 0 Å². The summed E-state index contributed by atoms with van der Waals surface area (Å²) in [6.07, 6.45) is 1.00. The van der Waals surface area contributed by atoms with Gasteiger partial charge in [-0.3, -0.25) is 0 Å². The van der Waals surface area contributed by atoms with Gasteiger partial charge < -0.3 is 29.3 Å². The summed E-state index contributed by atoms with van der Waals surface area (Å²) in [4.78, 5) is 0. The number of benzene rings is 1. The van der Waals surface area contributed by atoms with Crippen LogP contribution in [-0.2, 0) is 9.31 Å². The third-order valence-corrected chi connectivity index (χ3v) is 5.12. The Hall–Kier alpha value is -1.19. The number of rotatable bonds is 5. The third-order valence-electron chi connectivity index (χ3n) is 5.12. The molecule has 0 aliphatic carbocycles. The summed E-state index contributed by atoms with van der Waals surface area (Å²) in [5.74, 6) is 0.0475. The summed E-state index contributed by atoms with van der Waals surface area (Å²) in [6, 6.07) is 2.85. The lowest BCUT2D eigenvalue weighted by atomic mass is 9.58. The fourth-order valence-electron chi connectivity index (χ4n) is 3.91. The molecular formula is C16H26BFN2O4. The molecule has 1 spiro atoms. The van der Waals surface area contributed by atoms with E-state index in [1.807, 2.05) is 0 Å². The normalized spacial score (nSPS) is 28.1. The predicted molar refractivity (Wildman–Crippen MR) is 89.4 cm³/mol. The van der Waals surface area contributed by atoms with Gasteiger partial charge in [-0.05, 0) is 17.1 Å². The van der Waals surface area contributed by atoms with E-state index in [9.17, 15) is 4.39 Å². The largest absolute Gasteiger partial charge is 0.509 e. The summed E-state index contributed by atoms with van der Waals surface area (Å²) in [5.41, 5.74) is 7.37. The first-order chi connectivity index (χ1) is 11.4. The molecule has 2 heterocycles. The minimum atomic E-state index is -1.87. The fraction of sp³-hybridized carbons (Fsp3) is 0.625. The van der Waals surface area contributed by atoms with Crippen LogP contribution >= 0.6 is 0 Å². The molecule has 0 saturated carbocycles. The number of hydrogen-bond donors (Lipinski definition) is 2. The molecular weight excluding hydrogens is 314 g/mol. The van der Waals surface area contributed by atoms with Crippen LogP contribution in [0.1, 0.15) is 24.5 Å². The zero-order valence-corrected chi connectivity index (χ0v) is 14.3. The van der Waals surface area contributed by atoms with Crippen molar-refractivity contribution in [2.45, 2.75) is 18.9 Å². The van der Waals surface area contributed by atoms with Crippen molar-refractivity contribution >= 4 is 12.1 Å². The highest BCUT2D eigenvalue weighted by atomic mass is 19.1. The van der Waals surface area contributed by atoms with E-state index in [0.717, 1.165) is 18.4 Å². The highest BCUT2D eigenvalue weighted by molar-refractivity contribution is 6.77. The molecule has 24 heavy (non-hydrogen) atoms. The number of ether oxygens (including phenoxy) is 1. The first-order valence-corrected chi connectivity index (χ1v) is 8.51. The van der Waals surface area contributed by atoms with Gasteiger partial charge in [-0.25, -0.2) is 4.39 Å². The van der Waals surface area contributed by atoms with Crippen molar-refractivity contribution in [3.63, 3.8) is 0 Å². The van der Waals surface area contributed by atoms with Gasteiger partial charge in [0.2, 0.25) is 0 Å². The fourth-order valence-corrected chi connectivity index (χ4v) is 3.91. The summed E-state index contributed by atoms with van der Waals surface area (Å²) in [5, 5.41) is 8.98. The number of halogens is 1. The summed E-state index contributed by atoms with van der Waals surface area (Å²) < 4.78 is 32.9. The molecule has 2 atom stereocenters. The number of nitrogens with zero attached hydrogens (tertiary/aromatic N) is 1. The Kier molecular flexibility index (Phi) is 4.86. The van der Waals surface area contributed by atoms with Gasteiger partial charge in [0, 0.05) is 59.3 Å². The standard InChI is InChI=1S/C16H26BFN2O4/c1-20(2)5-3-8-23-17(20)16-13(15(11-19)24-17)9-12(18)10-14(16)22-7-4-6-21/h9-10,15,21H,3-8,11,19H2,1-2H3/t15-,17?/m1/s1. The lowest BCUT2D eigenvalue weighted by Gasteiger charge is -2.55. The molecule has 1 aromatic carbocycles. The number of hydrogen-bond acceptors (Lipinski definition) is 5. The molecule has 0 radical (unpaired) electrons. The van der Waals surface area contributed by atoms with Gasteiger partial charge in [0.05, 0.1) is 18.5 Å². The molecule has 1 aromatic rings. The van der Waals surface area contributed by atoms with Crippen molar-refractivity contribution in [3.05, 3.63) is 23.5 Å². The van der Waals surface area contributed by atoms with Crippen molar-refractivity contribution in [2.75, 3.05) is 47.0 Å². The van der Waals surface area contributed by atoms with Crippen LogP contribution in [0.2, 0.25) is 0 Å². The van der Waals surface area contributed by atoms with E-state index in [-0.39, 0.29) is 19.0 Å². The molecule has 3 rings (SSSR count). The minimum absolute atomic E-state index is 0.0216. The molecule has 1 saturated heterocycles. The van der Waals surface area contributed by atoms with Gasteiger partial charge >= 0.3 is 6.69 Å². The van der Waals surface area contributed by atoms with Crippen LogP contribution in [0.25, 0.3) is 0 Å². The number of aliphatic hydroxyl groups is 1. The Morgan fingerprint density at radius 3 is 2.92 bits per heavy atom. The second-order valence-electron chi connectivity index (χ2n) is 7.09. The molecule has 2 aliphatic rings. The number of quaternary nitrogens is 1. The zero-order chi connectivity index (χ0) is 17.4. The molecule has 6 nitrogen and oxygen atoms in total. The van der Waals surface area contributed by atoms with E-state index in [1.54, 1.807) is 0 Å². The summed E-state index contributed by atoms with van der Waals surface area (Å²) >= 11 is 0. The molecule has 1 fully saturated rings. The van der Waals surface area contributed by atoms with Crippen LogP contribution in [0, 0.1) is 5.82 Å². The predicted octanol–water partition coefficient (Wildman–Crippen LogP) is 0.260. The topological polar surface area (TPSA) is 73.9 Å². The Morgan fingerprint density at radius 1 is 1.46 bits per heavy atom. The van der Waals surface area contributed by atoms with Crippen LogP contribution in [0.15, 0.2) is 12.1 Å². The third kappa shape index (κ3) is 2.72. The quantitative estimate of drug-likeness (QED) is 0.594. The van der Waals surface area contributed by atoms with E-state index in [4.69, 9.17) is 24.9 Å². The van der Waals surface area contributed by atoms with E-state index >= 15 is 0 Å². The maximum absolute atomic E-state index is 14.1. The van der Waals surface area contributed by atoms with E-state index in [2.05, 4.69) is 14.1 Å². The van der Waals surface area contributed by atoms with E-state index in [0.29, 0.717) is 35.3 Å². The second-order valence-corrected chi connectivity index (χ2v) is 7.09. The lowest BCUT2D eigenvalue weighted by molar-refractivity contribution is -0.813. The molecule has 8 heteroatoms. The van der Waals surface area contributed by atoms with Gasteiger partial charge in [-0.2, -0.15) is 0 Å². The van der Waals surface area contributed by atoms with Crippen molar-refractivity contribution < 1.29 is 27.9 Å². The maximum atomic E-state index is 14.1. The van der Waals surface area contributed by atoms with Gasteiger partial charge in [0.1, 0.15) is 5.82 Å². The number of nitrogens with two attached hydrogens (primary N) is 1. The molecule has 0 bridgehead atoms. The summed E-state index contributed by atoms with van der Waals surface area (Å²) in [6.45, 7) is 0.191. The highest BCUT2D eigenvalue weighted by Crippen LogP contribution is 2.40. The monoisotopic (exact) mass is 340 g/mol. The smallest absolute Gasteiger partial charge is 0.506 e. The van der Waals surface area contributed by atoms with Gasteiger partial charge in [-0.15, -0.1) is 0 Å². The number of aliphatic hydroxyl groups excluding tert-OH is 1. The van der Waals surface area contributed by atoms with Crippen molar-refractivity contribution in [1.29, 1.82) is 0 Å². The van der Waals surface area contributed by atoms with Gasteiger partial charge in [0.15, 0.2) is 0 Å². The van der Waals surface area contributed by atoms with Crippen molar-refractivity contribution in [3.8, 4) is 5.75 Å². The Balaban J connectivity index is 2.11. The summed E-state index contributed by atoms with van der Waals surface area (Å²) in [7, 11) is 4.12. The van der Waals surface area contributed by atoms with Crippen molar-refractivity contribution in [2.24, 2.45) is 5.73 Å². The van der Waals surface area contributed by atoms with Crippen LogP contribution in [0.5, 0.6) is 5.75 Å². The molecule has 0 amide bonds. The minimum Gasteiger partial charge on any atom is -0.509 e. The van der Waals surface area contributed by atoms with Crippen LogP contribution < -0.4 is 15.9 Å². The zero-order valence-electron chi connectivity index (χ0n) is 14.3.